The van der Waals surface area contributed by atoms with Crippen LogP contribution in [0.3, 0.4) is 0 Å². The Labute approximate surface area is 175 Å². The van der Waals surface area contributed by atoms with E-state index in [1.165, 1.54) is 23.2 Å². The van der Waals surface area contributed by atoms with E-state index in [0.717, 1.165) is 45.2 Å². The third-order valence-electron chi connectivity index (χ3n) is 4.37. The van der Waals surface area contributed by atoms with Crippen LogP contribution in [0.2, 0.25) is 0 Å². The molecule has 2 heterocycles. The Morgan fingerprint density at radius 1 is 1.23 bits per heavy atom. The summed E-state index contributed by atoms with van der Waals surface area (Å²) in [6.07, 6.45) is 8.07. The Morgan fingerprint density at radius 2 is 1.97 bits per heavy atom. The van der Waals surface area contributed by atoms with Gasteiger partial charge >= 0.3 is 0 Å². The Balaban J connectivity index is 0.000000735. The number of carbonyl (C=O) groups is 2. The second-order valence-electron chi connectivity index (χ2n) is 6.82. The summed E-state index contributed by atoms with van der Waals surface area (Å²) in [6.45, 7) is 4.21. The van der Waals surface area contributed by atoms with E-state index in [4.69, 9.17) is 15.1 Å². The monoisotopic (exact) mass is 413 g/mol. The summed E-state index contributed by atoms with van der Waals surface area (Å²) in [5.41, 5.74) is 3.45. The number of nitrogens with zero attached hydrogens (tertiary/aromatic N) is 3. The standard InChI is InChI=1S/C19H23N5O2.C2H4O2/c25-19(23-26)7-6-16-12-21-18(13-20-16)22-17-9-11-24(14-17)10-8-15-4-2-1-3-5-15;1-2(3)4/h1-7,12-13,17,26H,8-11,14H2,(H,21,22)(H,23,25);1H3,(H,3,4)/b7-6+;/t17-;/m1./s1. The minimum atomic E-state index is -0.833. The molecule has 1 saturated heterocycles. The maximum atomic E-state index is 10.9. The Hall–Kier alpha value is -3.30. The van der Waals surface area contributed by atoms with Crippen LogP contribution in [0.5, 0.6) is 0 Å². The molecule has 3 rings (SSSR count). The molecule has 1 aliphatic rings. The van der Waals surface area contributed by atoms with Crippen LogP contribution in [-0.4, -0.2) is 62.7 Å². The molecule has 2 aromatic rings. The van der Waals surface area contributed by atoms with Crippen LogP contribution in [0.4, 0.5) is 5.82 Å². The van der Waals surface area contributed by atoms with Gasteiger partial charge in [-0.15, -0.1) is 0 Å². The molecule has 4 N–H and O–H groups in total. The molecular weight excluding hydrogens is 386 g/mol. The van der Waals surface area contributed by atoms with Gasteiger partial charge in [-0.05, 0) is 24.5 Å². The van der Waals surface area contributed by atoms with Crippen LogP contribution >= 0.6 is 0 Å². The van der Waals surface area contributed by atoms with Crippen LogP contribution < -0.4 is 10.8 Å². The van der Waals surface area contributed by atoms with E-state index in [0.29, 0.717) is 11.7 Å². The molecule has 1 aromatic heterocycles. The van der Waals surface area contributed by atoms with Gasteiger partial charge in [-0.2, -0.15) is 0 Å². The molecule has 1 fully saturated rings. The molecule has 0 saturated carbocycles. The van der Waals surface area contributed by atoms with Crippen molar-refractivity contribution in [3.8, 4) is 0 Å². The molecule has 0 aliphatic carbocycles. The molecule has 9 heteroatoms. The Bertz CT molecular complexity index is 823. The van der Waals surface area contributed by atoms with Gasteiger partial charge < -0.3 is 15.3 Å². The van der Waals surface area contributed by atoms with Gasteiger partial charge in [0.2, 0.25) is 0 Å². The third kappa shape index (κ3) is 8.80. The second-order valence-corrected chi connectivity index (χ2v) is 6.82. The number of rotatable bonds is 7. The van der Waals surface area contributed by atoms with Crippen molar-refractivity contribution >= 4 is 23.8 Å². The smallest absolute Gasteiger partial charge is 0.300 e. The highest BCUT2D eigenvalue weighted by Crippen LogP contribution is 2.15. The van der Waals surface area contributed by atoms with Crippen LogP contribution in [0.1, 0.15) is 24.6 Å². The molecule has 0 bridgehead atoms. The summed E-state index contributed by atoms with van der Waals surface area (Å²) in [6, 6.07) is 10.9. The van der Waals surface area contributed by atoms with E-state index >= 15 is 0 Å². The number of nitrogens with one attached hydrogen (secondary N) is 2. The van der Waals surface area contributed by atoms with Crippen molar-refractivity contribution in [2.24, 2.45) is 0 Å². The number of hydroxylamine groups is 1. The molecule has 1 aromatic carbocycles. The number of anilines is 1. The van der Waals surface area contributed by atoms with Crippen LogP contribution in [0.25, 0.3) is 6.08 Å². The average Bonchev–Trinajstić information content (AvgIpc) is 3.19. The average molecular weight is 413 g/mol. The first-order valence-corrected chi connectivity index (χ1v) is 9.63. The number of carboxylic acids is 1. The zero-order valence-electron chi connectivity index (χ0n) is 16.9. The minimum absolute atomic E-state index is 0.363. The minimum Gasteiger partial charge on any atom is -0.481 e. The lowest BCUT2D eigenvalue weighted by Crippen LogP contribution is -2.28. The Kier molecular flexibility index (Phi) is 9.43. The van der Waals surface area contributed by atoms with E-state index in [1.807, 2.05) is 6.07 Å². The number of benzene rings is 1. The maximum Gasteiger partial charge on any atom is 0.300 e. The zero-order chi connectivity index (χ0) is 21.8. The number of hydrogen-bond acceptors (Lipinski definition) is 7. The molecule has 0 radical (unpaired) electrons. The van der Waals surface area contributed by atoms with Crippen molar-refractivity contribution in [1.82, 2.24) is 20.3 Å². The summed E-state index contributed by atoms with van der Waals surface area (Å²) in [7, 11) is 0. The van der Waals surface area contributed by atoms with Gasteiger partial charge in [0.15, 0.2) is 0 Å². The molecule has 1 aliphatic heterocycles. The highest BCUT2D eigenvalue weighted by Gasteiger charge is 2.22. The Morgan fingerprint density at radius 3 is 2.60 bits per heavy atom. The fraction of sp³-hybridized carbons (Fsp3) is 0.333. The third-order valence-corrected chi connectivity index (χ3v) is 4.37. The van der Waals surface area contributed by atoms with Gasteiger partial charge in [0.05, 0.1) is 18.1 Å². The molecular formula is C21H27N5O4. The zero-order valence-corrected chi connectivity index (χ0v) is 16.9. The number of aromatic nitrogens is 2. The van der Waals surface area contributed by atoms with Crippen molar-refractivity contribution in [2.45, 2.75) is 25.8 Å². The van der Waals surface area contributed by atoms with E-state index in [1.54, 1.807) is 12.4 Å². The number of likely N-dealkylation sites (tertiary alicyclic amines) is 1. The van der Waals surface area contributed by atoms with Crippen molar-refractivity contribution in [3.05, 3.63) is 60.1 Å². The van der Waals surface area contributed by atoms with Crippen molar-refractivity contribution in [1.29, 1.82) is 0 Å². The van der Waals surface area contributed by atoms with Crippen molar-refractivity contribution in [2.75, 3.05) is 25.0 Å². The van der Waals surface area contributed by atoms with Gasteiger partial charge in [0.1, 0.15) is 5.82 Å². The van der Waals surface area contributed by atoms with Gasteiger partial charge in [-0.3, -0.25) is 19.8 Å². The largest absolute Gasteiger partial charge is 0.481 e. The predicted molar refractivity (Wildman–Crippen MR) is 113 cm³/mol. The molecule has 30 heavy (non-hydrogen) atoms. The van der Waals surface area contributed by atoms with Crippen molar-refractivity contribution < 1.29 is 19.9 Å². The molecule has 0 unspecified atom stereocenters. The lowest BCUT2D eigenvalue weighted by molar-refractivity contribution is -0.134. The van der Waals surface area contributed by atoms with Crippen LogP contribution in [0.15, 0.2) is 48.8 Å². The predicted octanol–water partition coefficient (Wildman–Crippen LogP) is 1.81. The highest BCUT2D eigenvalue weighted by molar-refractivity contribution is 5.90. The lowest BCUT2D eigenvalue weighted by atomic mass is 10.1. The van der Waals surface area contributed by atoms with E-state index in [9.17, 15) is 4.79 Å². The molecule has 1 atom stereocenters. The fourth-order valence-corrected chi connectivity index (χ4v) is 2.99. The summed E-state index contributed by atoms with van der Waals surface area (Å²) in [4.78, 5) is 31.0. The number of carbonyl (C=O) groups excluding carboxylic acids is 1. The van der Waals surface area contributed by atoms with E-state index < -0.39 is 11.9 Å². The SMILES string of the molecule is CC(=O)O.O=C(/C=C/c1cnc(N[C@@H]2CCN(CCc3ccccc3)C2)cn1)NO. The second kappa shape index (κ2) is 12.3. The first-order valence-electron chi connectivity index (χ1n) is 9.63. The van der Waals surface area contributed by atoms with Crippen LogP contribution in [-0.2, 0) is 16.0 Å². The first kappa shape index (κ1) is 23.0. The summed E-state index contributed by atoms with van der Waals surface area (Å²) >= 11 is 0. The van der Waals surface area contributed by atoms with Gasteiger partial charge in [-0.1, -0.05) is 30.3 Å². The summed E-state index contributed by atoms with van der Waals surface area (Å²) < 4.78 is 0. The molecule has 9 nitrogen and oxygen atoms in total. The van der Waals surface area contributed by atoms with Crippen LogP contribution in [0, 0.1) is 0 Å². The molecule has 0 spiro atoms. The van der Waals surface area contributed by atoms with Crippen molar-refractivity contribution in [3.63, 3.8) is 0 Å². The lowest BCUT2D eigenvalue weighted by Gasteiger charge is -2.17. The topological polar surface area (TPSA) is 128 Å². The number of aliphatic carboxylic acids is 1. The normalized spacial score (nSPS) is 16.0. The highest BCUT2D eigenvalue weighted by atomic mass is 16.5. The first-order chi connectivity index (χ1) is 14.5. The fourth-order valence-electron chi connectivity index (χ4n) is 2.99. The maximum absolute atomic E-state index is 10.9. The number of hydrogen-bond donors (Lipinski definition) is 4. The van der Waals surface area contributed by atoms with Gasteiger partial charge in [0.25, 0.3) is 11.9 Å². The van der Waals surface area contributed by atoms with E-state index in [-0.39, 0.29) is 0 Å². The number of carboxylic acid groups (broad SMARTS) is 1. The number of amides is 1. The summed E-state index contributed by atoms with van der Waals surface area (Å²) in [5.74, 6) is -0.709. The van der Waals surface area contributed by atoms with Gasteiger partial charge in [0, 0.05) is 38.7 Å². The quantitative estimate of drug-likeness (QED) is 0.307. The summed E-state index contributed by atoms with van der Waals surface area (Å²) in [5, 5.41) is 19.3. The molecule has 1 amide bonds. The van der Waals surface area contributed by atoms with Gasteiger partial charge in [-0.25, -0.2) is 10.5 Å². The van der Waals surface area contributed by atoms with E-state index in [2.05, 4.69) is 44.5 Å². The molecule has 160 valence electrons.